The van der Waals surface area contributed by atoms with Gasteiger partial charge in [0.15, 0.2) is 0 Å². The predicted octanol–water partition coefficient (Wildman–Crippen LogP) is 1.94. The number of fused-ring (bicyclic) bond motifs is 1. The van der Waals surface area contributed by atoms with E-state index in [1.54, 1.807) is 13.8 Å². The molecule has 0 aliphatic rings. The van der Waals surface area contributed by atoms with Gasteiger partial charge in [0.2, 0.25) is 0 Å². The van der Waals surface area contributed by atoms with Crippen LogP contribution in [0.3, 0.4) is 0 Å². The van der Waals surface area contributed by atoms with Crippen molar-refractivity contribution >= 4 is 27.7 Å². The van der Waals surface area contributed by atoms with E-state index >= 15 is 0 Å². The first-order valence-electron chi connectivity index (χ1n) is 5.72. The maximum atomic E-state index is 11.9. The van der Waals surface area contributed by atoms with Crippen LogP contribution >= 0.6 is 11.5 Å². The second kappa shape index (κ2) is 4.99. The van der Waals surface area contributed by atoms with Gasteiger partial charge in [-0.3, -0.25) is 0 Å². The van der Waals surface area contributed by atoms with Gasteiger partial charge in [0, 0.05) is 11.9 Å². The average Bonchev–Trinajstić information content (AvgIpc) is 2.72. The van der Waals surface area contributed by atoms with Crippen molar-refractivity contribution in [3.63, 3.8) is 0 Å². The lowest BCUT2D eigenvalue weighted by molar-refractivity contribution is 0.0524. The van der Waals surface area contributed by atoms with Crippen LogP contribution in [0.5, 0.6) is 0 Å². The molecule has 0 aliphatic heterocycles. The molecule has 0 fully saturated rings. The molecule has 18 heavy (non-hydrogen) atoms. The van der Waals surface area contributed by atoms with Crippen molar-refractivity contribution in [3.8, 4) is 0 Å². The first-order valence-corrected chi connectivity index (χ1v) is 6.50. The molecule has 0 bridgehead atoms. The van der Waals surface area contributed by atoms with Crippen LogP contribution in [0.15, 0.2) is 0 Å². The average molecular weight is 265 g/mol. The first-order chi connectivity index (χ1) is 8.60. The van der Waals surface area contributed by atoms with Crippen molar-refractivity contribution in [1.82, 2.24) is 9.36 Å². The molecule has 0 saturated carbocycles. The third-order valence-electron chi connectivity index (χ3n) is 2.80. The minimum absolute atomic E-state index is 0.337. The summed E-state index contributed by atoms with van der Waals surface area (Å²) in [6.45, 7) is 6.17. The van der Waals surface area contributed by atoms with Crippen molar-refractivity contribution < 1.29 is 9.53 Å². The first kappa shape index (κ1) is 12.9. The SMILES string of the molecule is CCOC(=O)c1c(C)nc2snc(CN)c2c1C. The second-order valence-electron chi connectivity index (χ2n) is 3.93. The van der Waals surface area contributed by atoms with E-state index < -0.39 is 0 Å². The van der Waals surface area contributed by atoms with Gasteiger partial charge in [-0.2, -0.15) is 4.37 Å². The highest BCUT2D eigenvalue weighted by Gasteiger charge is 2.20. The highest BCUT2D eigenvalue weighted by atomic mass is 32.1. The quantitative estimate of drug-likeness (QED) is 0.858. The molecule has 0 unspecified atom stereocenters. The zero-order valence-electron chi connectivity index (χ0n) is 10.6. The summed E-state index contributed by atoms with van der Waals surface area (Å²) in [5.74, 6) is -0.337. The minimum Gasteiger partial charge on any atom is -0.462 e. The van der Waals surface area contributed by atoms with Gasteiger partial charge in [-0.1, -0.05) is 0 Å². The Kier molecular flexibility index (Phi) is 3.58. The molecule has 0 saturated heterocycles. The van der Waals surface area contributed by atoms with E-state index in [4.69, 9.17) is 10.5 Å². The Morgan fingerprint density at radius 3 is 2.78 bits per heavy atom. The molecule has 5 nitrogen and oxygen atoms in total. The Balaban J connectivity index is 2.69. The number of aryl methyl sites for hydroxylation is 2. The summed E-state index contributed by atoms with van der Waals surface area (Å²) < 4.78 is 9.33. The summed E-state index contributed by atoms with van der Waals surface area (Å²) >= 11 is 1.31. The van der Waals surface area contributed by atoms with Crippen molar-refractivity contribution in [3.05, 3.63) is 22.5 Å². The number of rotatable bonds is 3. The molecule has 96 valence electrons. The van der Waals surface area contributed by atoms with E-state index in [0.717, 1.165) is 21.5 Å². The summed E-state index contributed by atoms with van der Waals surface area (Å²) in [6, 6.07) is 0. The molecule has 0 atom stereocenters. The van der Waals surface area contributed by atoms with Gasteiger partial charge >= 0.3 is 5.97 Å². The third kappa shape index (κ3) is 1.97. The van der Waals surface area contributed by atoms with Crippen LogP contribution in [-0.2, 0) is 11.3 Å². The fourth-order valence-corrected chi connectivity index (χ4v) is 2.92. The van der Waals surface area contributed by atoms with Crippen molar-refractivity contribution in [2.24, 2.45) is 5.73 Å². The standard InChI is InChI=1S/C12H15N3O2S/c1-4-17-12(16)9-6(2)10-8(5-13)15-18-11(10)14-7(9)3/h4-5,13H2,1-3H3. The van der Waals surface area contributed by atoms with E-state index in [-0.39, 0.29) is 5.97 Å². The predicted molar refractivity (Wildman–Crippen MR) is 70.7 cm³/mol. The smallest absolute Gasteiger partial charge is 0.340 e. The fraction of sp³-hybridized carbons (Fsp3) is 0.417. The van der Waals surface area contributed by atoms with Crippen LogP contribution in [-0.4, -0.2) is 21.9 Å². The van der Waals surface area contributed by atoms with Gasteiger partial charge in [-0.15, -0.1) is 0 Å². The monoisotopic (exact) mass is 265 g/mol. The molecular weight excluding hydrogens is 250 g/mol. The number of hydrogen-bond donors (Lipinski definition) is 1. The largest absolute Gasteiger partial charge is 0.462 e. The van der Waals surface area contributed by atoms with Crippen LogP contribution in [0.4, 0.5) is 0 Å². The highest BCUT2D eigenvalue weighted by Crippen LogP contribution is 2.28. The number of ether oxygens (including phenoxy) is 1. The molecule has 0 spiro atoms. The van der Waals surface area contributed by atoms with Gasteiger partial charge in [-0.05, 0) is 37.9 Å². The number of esters is 1. The number of hydrogen-bond acceptors (Lipinski definition) is 6. The summed E-state index contributed by atoms with van der Waals surface area (Å²) in [5, 5.41) is 0.885. The van der Waals surface area contributed by atoms with Crippen LogP contribution in [0, 0.1) is 13.8 Å². The Bertz CT molecular complexity index is 607. The van der Waals surface area contributed by atoms with Gasteiger partial charge < -0.3 is 10.5 Å². The Labute approximate surface area is 109 Å². The molecule has 2 aromatic heterocycles. The molecule has 2 rings (SSSR count). The number of nitrogens with zero attached hydrogens (tertiary/aromatic N) is 2. The molecule has 0 aromatic carbocycles. The van der Waals surface area contributed by atoms with Gasteiger partial charge in [0.05, 0.1) is 23.6 Å². The van der Waals surface area contributed by atoms with Crippen LogP contribution < -0.4 is 5.73 Å². The highest BCUT2D eigenvalue weighted by molar-refractivity contribution is 7.13. The lowest BCUT2D eigenvalue weighted by atomic mass is 10.0. The van der Waals surface area contributed by atoms with E-state index in [1.807, 2.05) is 6.92 Å². The topological polar surface area (TPSA) is 78.1 Å². The molecule has 2 heterocycles. The van der Waals surface area contributed by atoms with E-state index in [2.05, 4.69) is 9.36 Å². The van der Waals surface area contributed by atoms with E-state index in [0.29, 0.717) is 24.4 Å². The van der Waals surface area contributed by atoms with Gasteiger partial charge in [-0.25, -0.2) is 9.78 Å². The molecule has 0 amide bonds. The summed E-state index contributed by atoms with van der Waals surface area (Å²) in [6.07, 6.45) is 0. The summed E-state index contributed by atoms with van der Waals surface area (Å²) in [7, 11) is 0. The molecule has 0 aliphatic carbocycles. The van der Waals surface area contributed by atoms with Crippen LogP contribution in [0.1, 0.15) is 34.2 Å². The normalized spacial score (nSPS) is 10.9. The van der Waals surface area contributed by atoms with Crippen LogP contribution in [0.25, 0.3) is 10.2 Å². The molecule has 2 aromatic rings. The Hall–Kier alpha value is -1.53. The van der Waals surface area contributed by atoms with Gasteiger partial charge in [0.25, 0.3) is 0 Å². The fourth-order valence-electron chi connectivity index (χ4n) is 2.01. The van der Waals surface area contributed by atoms with Crippen molar-refractivity contribution in [2.75, 3.05) is 6.61 Å². The number of carbonyl (C=O) groups is 1. The number of carbonyl (C=O) groups excluding carboxylic acids is 1. The lowest BCUT2D eigenvalue weighted by Gasteiger charge is -2.09. The van der Waals surface area contributed by atoms with Crippen molar-refractivity contribution in [1.29, 1.82) is 0 Å². The Morgan fingerprint density at radius 1 is 1.44 bits per heavy atom. The Morgan fingerprint density at radius 2 is 2.17 bits per heavy atom. The zero-order valence-corrected chi connectivity index (χ0v) is 11.4. The summed E-state index contributed by atoms with van der Waals surface area (Å²) in [5.41, 5.74) is 8.49. The number of pyridine rings is 1. The summed E-state index contributed by atoms with van der Waals surface area (Å²) in [4.78, 5) is 17.2. The second-order valence-corrected chi connectivity index (χ2v) is 4.68. The van der Waals surface area contributed by atoms with E-state index in [9.17, 15) is 4.79 Å². The third-order valence-corrected chi connectivity index (χ3v) is 3.58. The molecule has 6 heteroatoms. The van der Waals surface area contributed by atoms with Crippen molar-refractivity contribution in [2.45, 2.75) is 27.3 Å². The molecule has 2 N–H and O–H groups in total. The lowest BCUT2D eigenvalue weighted by Crippen LogP contribution is -2.11. The van der Waals surface area contributed by atoms with Gasteiger partial charge in [0.1, 0.15) is 4.83 Å². The zero-order chi connectivity index (χ0) is 13.3. The van der Waals surface area contributed by atoms with E-state index in [1.165, 1.54) is 11.5 Å². The minimum atomic E-state index is -0.337. The van der Waals surface area contributed by atoms with Crippen LogP contribution in [0.2, 0.25) is 0 Å². The maximum Gasteiger partial charge on any atom is 0.340 e. The number of nitrogens with two attached hydrogens (primary N) is 1. The maximum absolute atomic E-state index is 11.9. The molecule has 0 radical (unpaired) electrons. The molecular formula is C12H15N3O2S. The number of aromatic nitrogens is 2.